The Morgan fingerprint density at radius 2 is 2.30 bits per heavy atom. The van der Waals surface area contributed by atoms with Gasteiger partial charge in [-0.3, -0.25) is 5.43 Å². The Morgan fingerprint density at radius 1 is 1.45 bits per heavy atom. The summed E-state index contributed by atoms with van der Waals surface area (Å²) in [7, 11) is 1.96. The van der Waals surface area contributed by atoms with Crippen LogP contribution in [0, 0.1) is 0 Å². The summed E-state index contributed by atoms with van der Waals surface area (Å²) in [6.45, 7) is 2.13. The predicted octanol–water partition coefficient (Wildman–Crippen LogP) is 2.42. The van der Waals surface area contributed by atoms with Crippen molar-refractivity contribution < 1.29 is 0 Å². The van der Waals surface area contributed by atoms with E-state index in [1.807, 2.05) is 17.8 Å². The number of nitrogens with two attached hydrogens (primary N) is 1. The number of nitrogen functional groups attached to an aromatic ring is 1. The van der Waals surface area contributed by atoms with Gasteiger partial charge in [0.05, 0.1) is 0 Å². The van der Waals surface area contributed by atoms with E-state index in [4.69, 9.17) is 5.84 Å². The van der Waals surface area contributed by atoms with Crippen molar-refractivity contribution in [1.29, 1.82) is 0 Å². The van der Waals surface area contributed by atoms with Crippen LogP contribution in [0.4, 0.5) is 5.95 Å². The fourth-order valence-corrected chi connectivity index (χ4v) is 3.72. The van der Waals surface area contributed by atoms with Gasteiger partial charge in [-0.15, -0.1) is 11.3 Å². The minimum atomic E-state index is 0.429. The highest BCUT2D eigenvalue weighted by Crippen LogP contribution is 2.35. The molecule has 0 bridgehead atoms. The zero-order valence-corrected chi connectivity index (χ0v) is 12.8. The number of hydrogen-bond donors (Lipinski definition) is 2. The molecule has 0 saturated heterocycles. The number of anilines is 1. The first-order chi connectivity index (χ1) is 9.71. The van der Waals surface area contributed by atoms with Crippen molar-refractivity contribution in [2.45, 2.75) is 23.5 Å². The number of nitrogens with one attached hydrogen (secondary N) is 1. The molecule has 0 aliphatic heterocycles. The fourth-order valence-electron chi connectivity index (χ4n) is 1.80. The molecule has 0 aromatic carbocycles. The molecule has 3 heterocycles. The van der Waals surface area contributed by atoms with E-state index in [0.717, 1.165) is 26.8 Å². The van der Waals surface area contributed by atoms with Crippen LogP contribution in [0.3, 0.4) is 0 Å². The van der Waals surface area contributed by atoms with Gasteiger partial charge in [0.15, 0.2) is 5.16 Å². The second-order valence-electron chi connectivity index (χ2n) is 4.20. The molecule has 8 heteroatoms. The minimum Gasteiger partial charge on any atom is -0.329 e. The first-order valence-corrected chi connectivity index (χ1v) is 7.76. The molecule has 20 heavy (non-hydrogen) atoms. The number of aromatic nitrogens is 4. The van der Waals surface area contributed by atoms with Crippen molar-refractivity contribution >= 4 is 39.3 Å². The summed E-state index contributed by atoms with van der Waals surface area (Å²) >= 11 is 3.19. The Kier molecular flexibility index (Phi) is 3.60. The molecule has 0 atom stereocenters. The summed E-state index contributed by atoms with van der Waals surface area (Å²) in [4.78, 5) is 15.4. The lowest BCUT2D eigenvalue weighted by atomic mass is 10.3. The largest absolute Gasteiger partial charge is 0.329 e. The number of hydrogen-bond acceptors (Lipinski definition) is 7. The van der Waals surface area contributed by atoms with Crippen LogP contribution in [-0.2, 0) is 13.5 Å². The highest BCUT2D eigenvalue weighted by atomic mass is 32.2. The molecule has 104 valence electrons. The van der Waals surface area contributed by atoms with Crippen LogP contribution in [0.15, 0.2) is 28.6 Å². The Labute approximate surface area is 124 Å². The number of fused-ring (bicyclic) bond motifs is 1. The van der Waals surface area contributed by atoms with E-state index in [1.165, 1.54) is 16.6 Å². The average molecular weight is 306 g/mol. The van der Waals surface area contributed by atoms with E-state index in [2.05, 4.69) is 33.4 Å². The van der Waals surface area contributed by atoms with Crippen molar-refractivity contribution in [2.75, 3.05) is 5.43 Å². The van der Waals surface area contributed by atoms with Crippen molar-refractivity contribution in [3.8, 4) is 0 Å². The lowest BCUT2D eigenvalue weighted by Gasteiger charge is -2.04. The summed E-state index contributed by atoms with van der Waals surface area (Å²) < 4.78 is 1.96. The molecule has 3 N–H and O–H groups in total. The van der Waals surface area contributed by atoms with Crippen molar-refractivity contribution in [3.63, 3.8) is 0 Å². The predicted molar refractivity (Wildman–Crippen MR) is 81.9 cm³/mol. The smallest absolute Gasteiger partial charge is 0.239 e. The molecule has 0 unspecified atom stereocenters. The molecule has 6 nitrogen and oxygen atoms in total. The van der Waals surface area contributed by atoms with Crippen LogP contribution in [0.1, 0.15) is 11.8 Å². The van der Waals surface area contributed by atoms with Gasteiger partial charge in [0.25, 0.3) is 0 Å². The van der Waals surface area contributed by atoms with E-state index in [9.17, 15) is 0 Å². The molecule has 0 aliphatic carbocycles. The number of thiophene rings is 1. The molecular formula is C12H14N6S2. The van der Waals surface area contributed by atoms with E-state index in [0.29, 0.717) is 5.95 Å². The number of aryl methyl sites for hydroxylation is 2. The van der Waals surface area contributed by atoms with E-state index < -0.39 is 0 Å². The van der Waals surface area contributed by atoms with Gasteiger partial charge in [-0.1, -0.05) is 6.92 Å². The molecule has 0 amide bonds. The first-order valence-electron chi connectivity index (χ1n) is 6.13. The molecule has 0 radical (unpaired) electrons. The van der Waals surface area contributed by atoms with Crippen molar-refractivity contribution in [3.05, 3.63) is 23.3 Å². The van der Waals surface area contributed by atoms with E-state index >= 15 is 0 Å². The molecule has 3 rings (SSSR count). The van der Waals surface area contributed by atoms with Gasteiger partial charge < -0.3 is 4.57 Å². The maximum atomic E-state index is 5.45. The SMILES string of the molecule is CCc1cc2c(Sc3nccn3C)nc(NN)nc2s1. The van der Waals surface area contributed by atoms with E-state index in [1.54, 1.807) is 17.5 Å². The summed E-state index contributed by atoms with van der Waals surface area (Å²) in [6.07, 6.45) is 4.67. The Balaban J connectivity index is 2.12. The van der Waals surface area contributed by atoms with Crippen molar-refractivity contribution in [2.24, 2.45) is 12.9 Å². The van der Waals surface area contributed by atoms with Gasteiger partial charge in [-0.2, -0.15) is 0 Å². The number of hydrazine groups is 1. The monoisotopic (exact) mass is 306 g/mol. The van der Waals surface area contributed by atoms with Crippen LogP contribution in [-0.4, -0.2) is 19.5 Å². The summed E-state index contributed by atoms with van der Waals surface area (Å²) in [6, 6.07) is 2.14. The molecule has 0 spiro atoms. The molecule has 0 saturated carbocycles. The summed E-state index contributed by atoms with van der Waals surface area (Å²) in [5.41, 5.74) is 2.52. The molecular weight excluding hydrogens is 292 g/mol. The van der Waals surface area contributed by atoms with Gasteiger partial charge in [-0.05, 0) is 24.2 Å². The molecule has 3 aromatic rings. The average Bonchev–Trinajstić information content (AvgIpc) is 3.05. The van der Waals surface area contributed by atoms with Crippen LogP contribution in [0.5, 0.6) is 0 Å². The maximum Gasteiger partial charge on any atom is 0.239 e. The van der Waals surface area contributed by atoms with Crippen molar-refractivity contribution in [1.82, 2.24) is 19.5 Å². The van der Waals surface area contributed by atoms with Gasteiger partial charge >= 0.3 is 0 Å². The van der Waals surface area contributed by atoms with Gasteiger partial charge in [-0.25, -0.2) is 20.8 Å². The molecule has 3 aromatic heterocycles. The van der Waals surface area contributed by atoms with Gasteiger partial charge in [0, 0.05) is 29.7 Å². The maximum absolute atomic E-state index is 5.45. The lowest BCUT2D eigenvalue weighted by Crippen LogP contribution is -2.10. The minimum absolute atomic E-state index is 0.429. The van der Waals surface area contributed by atoms with Crippen LogP contribution < -0.4 is 11.3 Å². The third-order valence-electron chi connectivity index (χ3n) is 2.85. The third-order valence-corrected chi connectivity index (χ3v) is 5.11. The highest BCUT2D eigenvalue weighted by Gasteiger charge is 2.14. The van der Waals surface area contributed by atoms with Crippen LogP contribution in [0.25, 0.3) is 10.2 Å². The second kappa shape index (κ2) is 5.39. The zero-order valence-electron chi connectivity index (χ0n) is 11.1. The van der Waals surface area contributed by atoms with Crippen LogP contribution in [0.2, 0.25) is 0 Å². The standard InChI is InChI=1S/C12H14N6S2/c1-3-7-6-8-9(19-7)15-11(17-13)16-10(8)20-12-14-4-5-18(12)2/h4-6H,3,13H2,1-2H3,(H,15,16,17). The summed E-state index contributed by atoms with van der Waals surface area (Å²) in [5.74, 6) is 5.88. The number of nitrogens with zero attached hydrogens (tertiary/aromatic N) is 4. The van der Waals surface area contributed by atoms with Gasteiger partial charge in [0.1, 0.15) is 9.86 Å². The Hall–Kier alpha value is -1.64. The van der Waals surface area contributed by atoms with E-state index in [-0.39, 0.29) is 0 Å². The Morgan fingerprint density at radius 3 is 2.95 bits per heavy atom. The zero-order chi connectivity index (χ0) is 14.1. The first kappa shape index (κ1) is 13.3. The molecule has 0 aliphatic rings. The molecule has 0 fully saturated rings. The lowest BCUT2D eigenvalue weighted by molar-refractivity contribution is 0.789. The third kappa shape index (κ3) is 2.37. The van der Waals surface area contributed by atoms with Crippen LogP contribution >= 0.6 is 23.1 Å². The number of rotatable bonds is 4. The topological polar surface area (TPSA) is 81.7 Å². The summed E-state index contributed by atoms with van der Waals surface area (Å²) in [5, 5.41) is 2.81. The normalized spacial score (nSPS) is 11.2. The number of imidazole rings is 1. The highest BCUT2D eigenvalue weighted by molar-refractivity contribution is 7.99. The fraction of sp³-hybridized carbons (Fsp3) is 0.250. The quantitative estimate of drug-likeness (QED) is 0.438. The second-order valence-corrected chi connectivity index (χ2v) is 6.28. The van der Waals surface area contributed by atoms with Gasteiger partial charge in [0.2, 0.25) is 5.95 Å². The Bertz CT molecular complexity index is 748.